The van der Waals surface area contributed by atoms with Gasteiger partial charge < -0.3 is 18.9 Å². The molecule has 0 unspecified atom stereocenters. The van der Waals surface area contributed by atoms with Gasteiger partial charge in [0.2, 0.25) is 5.75 Å². The predicted octanol–water partition coefficient (Wildman–Crippen LogP) is 6.43. The predicted molar refractivity (Wildman–Crippen MR) is 101 cm³/mol. The van der Waals surface area contributed by atoms with Crippen molar-refractivity contribution in [2.75, 3.05) is 13.2 Å². The van der Waals surface area contributed by atoms with E-state index in [1.54, 1.807) is 0 Å². The van der Waals surface area contributed by atoms with Crippen LogP contribution >= 0.6 is 0 Å². The zero-order chi connectivity index (χ0) is 23.8. The highest BCUT2D eigenvalue weighted by atomic mass is 19.4. The van der Waals surface area contributed by atoms with Crippen LogP contribution in [0.5, 0.6) is 11.5 Å². The molecule has 1 heterocycles. The van der Waals surface area contributed by atoms with Gasteiger partial charge in [0.1, 0.15) is 5.75 Å². The normalized spacial score (nSPS) is 29.4. The molecule has 0 aromatic heterocycles. The molecule has 1 aliphatic heterocycles. The first-order chi connectivity index (χ1) is 15.5. The van der Waals surface area contributed by atoms with Crippen LogP contribution in [0.25, 0.3) is 0 Å². The highest BCUT2D eigenvalue weighted by Gasteiger charge is 2.46. The molecule has 186 valence electrons. The van der Waals surface area contributed by atoms with Crippen molar-refractivity contribution in [1.82, 2.24) is 0 Å². The fraction of sp³-hybridized carbons (Fsp3) is 0.727. The average Bonchev–Trinajstić information content (AvgIpc) is 2.69. The number of hydrogen-bond acceptors (Lipinski definition) is 4. The van der Waals surface area contributed by atoms with Crippen LogP contribution in [0, 0.1) is 35.3 Å². The summed E-state index contributed by atoms with van der Waals surface area (Å²) in [6, 6.07) is 0.484. The molecule has 1 aromatic carbocycles. The Kier molecular flexibility index (Phi) is 7.00. The molecular weight excluding hydrogens is 461 g/mol. The van der Waals surface area contributed by atoms with Crippen molar-refractivity contribution in [3.63, 3.8) is 0 Å². The van der Waals surface area contributed by atoms with Crippen molar-refractivity contribution in [3.8, 4) is 11.5 Å². The van der Waals surface area contributed by atoms with Crippen LogP contribution in [0.4, 0.5) is 30.7 Å². The maximum atomic E-state index is 14.6. The van der Waals surface area contributed by atoms with Gasteiger partial charge in [0.25, 0.3) is 0 Å². The molecule has 0 radical (unpaired) electrons. The molecule has 1 aromatic rings. The van der Waals surface area contributed by atoms with Crippen LogP contribution in [0.3, 0.4) is 0 Å². The third kappa shape index (κ3) is 5.85. The van der Waals surface area contributed by atoms with E-state index in [1.165, 1.54) is 19.3 Å². The minimum absolute atomic E-state index is 0.0342. The largest absolute Gasteiger partial charge is 0.573 e. The van der Waals surface area contributed by atoms with E-state index in [-0.39, 0.29) is 30.9 Å². The molecule has 4 rings (SSSR count). The molecule has 1 saturated heterocycles. The van der Waals surface area contributed by atoms with Crippen molar-refractivity contribution >= 4 is 0 Å². The third-order valence-corrected chi connectivity index (χ3v) is 6.84. The number of halogens is 7. The van der Waals surface area contributed by atoms with E-state index >= 15 is 0 Å². The summed E-state index contributed by atoms with van der Waals surface area (Å²) in [6.07, 6.45) is -4.96. The van der Waals surface area contributed by atoms with Gasteiger partial charge in [-0.3, -0.25) is 0 Å². The molecule has 0 bridgehead atoms. The fourth-order valence-corrected chi connectivity index (χ4v) is 4.77. The Morgan fingerprint density at radius 2 is 1.30 bits per heavy atom. The lowest BCUT2D eigenvalue weighted by Gasteiger charge is -2.42. The van der Waals surface area contributed by atoms with Crippen LogP contribution in [-0.4, -0.2) is 32.0 Å². The average molecular weight is 486 g/mol. The fourth-order valence-electron chi connectivity index (χ4n) is 4.77. The smallest absolute Gasteiger partial charge is 0.432 e. The SMILES string of the molecule is Fc1cc(OC(F)(F)C2CCC(C3OCC(C4CCC4)CO3)CC2)cc(F)c1OC(F)(F)F. The highest BCUT2D eigenvalue weighted by molar-refractivity contribution is 5.35. The first kappa shape index (κ1) is 24.4. The van der Waals surface area contributed by atoms with Gasteiger partial charge in [-0.15, -0.1) is 13.2 Å². The van der Waals surface area contributed by atoms with E-state index < -0.39 is 47.8 Å². The van der Waals surface area contributed by atoms with E-state index in [1.807, 2.05) is 0 Å². The van der Waals surface area contributed by atoms with Crippen molar-refractivity contribution in [2.24, 2.45) is 23.7 Å². The summed E-state index contributed by atoms with van der Waals surface area (Å²) < 4.78 is 113. The molecule has 0 spiro atoms. The van der Waals surface area contributed by atoms with Gasteiger partial charge in [0.15, 0.2) is 17.9 Å². The molecule has 3 fully saturated rings. The van der Waals surface area contributed by atoms with Crippen molar-refractivity contribution in [1.29, 1.82) is 0 Å². The van der Waals surface area contributed by atoms with Crippen LogP contribution in [0.1, 0.15) is 44.9 Å². The van der Waals surface area contributed by atoms with E-state index in [0.29, 0.717) is 37.9 Å². The monoisotopic (exact) mass is 486 g/mol. The molecule has 33 heavy (non-hydrogen) atoms. The molecule has 0 atom stereocenters. The molecule has 0 N–H and O–H groups in total. The number of alkyl halides is 5. The van der Waals surface area contributed by atoms with E-state index in [2.05, 4.69) is 9.47 Å². The van der Waals surface area contributed by atoms with Crippen molar-refractivity contribution < 1.29 is 49.7 Å². The minimum atomic E-state index is -5.34. The molecular formula is C22H25F7O4. The summed E-state index contributed by atoms with van der Waals surface area (Å²) in [6.45, 7) is 1.22. The van der Waals surface area contributed by atoms with Gasteiger partial charge in [0.05, 0.1) is 19.1 Å². The second-order valence-electron chi connectivity index (χ2n) is 9.03. The summed E-state index contributed by atoms with van der Waals surface area (Å²) in [5.41, 5.74) is 0. The Bertz CT molecular complexity index is 788. The lowest BCUT2D eigenvalue weighted by molar-refractivity contribution is -0.276. The summed E-state index contributed by atoms with van der Waals surface area (Å²) in [7, 11) is 0. The summed E-state index contributed by atoms with van der Waals surface area (Å²) in [5.74, 6) is -6.48. The van der Waals surface area contributed by atoms with Gasteiger partial charge in [0, 0.05) is 24.0 Å². The second-order valence-corrected chi connectivity index (χ2v) is 9.03. The Hall–Kier alpha value is -1.75. The number of hydrogen-bond donors (Lipinski definition) is 0. The first-order valence-electron chi connectivity index (χ1n) is 11.1. The zero-order valence-corrected chi connectivity index (χ0v) is 17.7. The molecule has 3 aliphatic rings. The Morgan fingerprint density at radius 1 is 0.727 bits per heavy atom. The summed E-state index contributed by atoms with van der Waals surface area (Å²) in [4.78, 5) is 0. The molecule has 2 aliphatic carbocycles. The molecule has 11 heteroatoms. The lowest BCUT2D eigenvalue weighted by Crippen LogP contribution is -2.44. The highest BCUT2D eigenvalue weighted by Crippen LogP contribution is 2.44. The molecule has 0 amide bonds. The van der Waals surface area contributed by atoms with Gasteiger partial charge in [-0.2, -0.15) is 8.78 Å². The Labute approximate surface area is 186 Å². The lowest BCUT2D eigenvalue weighted by atomic mass is 9.76. The van der Waals surface area contributed by atoms with Crippen molar-refractivity contribution in [2.45, 2.75) is 63.7 Å². The molecule has 4 nitrogen and oxygen atoms in total. The topological polar surface area (TPSA) is 36.9 Å². The van der Waals surface area contributed by atoms with Gasteiger partial charge in [-0.1, -0.05) is 19.3 Å². The number of rotatable bonds is 6. The van der Waals surface area contributed by atoms with Gasteiger partial charge in [-0.05, 0) is 31.6 Å². The number of benzene rings is 1. The third-order valence-electron chi connectivity index (χ3n) is 6.84. The molecule has 2 saturated carbocycles. The van der Waals surface area contributed by atoms with E-state index in [0.717, 1.165) is 0 Å². The van der Waals surface area contributed by atoms with E-state index in [4.69, 9.17) is 9.47 Å². The Balaban J connectivity index is 1.30. The van der Waals surface area contributed by atoms with Crippen LogP contribution in [-0.2, 0) is 9.47 Å². The van der Waals surface area contributed by atoms with Crippen molar-refractivity contribution in [3.05, 3.63) is 23.8 Å². The van der Waals surface area contributed by atoms with Crippen LogP contribution in [0.15, 0.2) is 12.1 Å². The van der Waals surface area contributed by atoms with Crippen LogP contribution < -0.4 is 9.47 Å². The summed E-state index contributed by atoms with van der Waals surface area (Å²) >= 11 is 0. The van der Waals surface area contributed by atoms with Gasteiger partial charge >= 0.3 is 12.5 Å². The second kappa shape index (κ2) is 9.48. The minimum Gasteiger partial charge on any atom is -0.432 e. The van der Waals surface area contributed by atoms with E-state index in [9.17, 15) is 30.7 Å². The van der Waals surface area contributed by atoms with Crippen LogP contribution in [0.2, 0.25) is 0 Å². The maximum Gasteiger partial charge on any atom is 0.573 e. The Morgan fingerprint density at radius 3 is 1.79 bits per heavy atom. The quantitative estimate of drug-likeness (QED) is 0.435. The summed E-state index contributed by atoms with van der Waals surface area (Å²) in [5, 5.41) is 0. The number of ether oxygens (including phenoxy) is 4. The van der Waals surface area contributed by atoms with Gasteiger partial charge in [-0.25, -0.2) is 8.78 Å². The maximum absolute atomic E-state index is 14.6. The standard InChI is InChI=1S/C22H25F7O4/c23-17-8-16(9-18(24)19(17)33-22(27,28)29)32-21(25,26)15-6-4-13(5-7-15)20-30-10-14(11-31-20)12-2-1-3-12/h8-9,12-15,20H,1-7,10-11H2. The zero-order valence-electron chi connectivity index (χ0n) is 17.7. The first-order valence-corrected chi connectivity index (χ1v) is 11.1.